The van der Waals surface area contributed by atoms with Crippen molar-refractivity contribution >= 4 is 23.6 Å². The van der Waals surface area contributed by atoms with E-state index >= 15 is 0 Å². The van der Waals surface area contributed by atoms with E-state index in [0.717, 1.165) is 60.9 Å². The highest BCUT2D eigenvalue weighted by Gasteiger charge is 2.53. The zero-order chi connectivity index (χ0) is 29.0. The van der Waals surface area contributed by atoms with E-state index < -0.39 is 6.04 Å². The van der Waals surface area contributed by atoms with Gasteiger partial charge in [0.25, 0.3) is 5.91 Å². The summed E-state index contributed by atoms with van der Waals surface area (Å²) in [7, 11) is 0. The number of ether oxygens (including phenoxy) is 2. The third kappa shape index (κ3) is 6.34. The first kappa shape index (κ1) is 28.9. The smallest absolute Gasteiger partial charge is 0.347 e. The second-order valence-electron chi connectivity index (χ2n) is 11.1. The molecule has 0 aliphatic carbocycles. The number of amides is 4. The number of morpholine rings is 1. The second kappa shape index (κ2) is 12.5. The first-order valence-electron chi connectivity index (χ1n) is 14.5. The summed E-state index contributed by atoms with van der Waals surface area (Å²) in [5.74, 6) is -0.0680. The summed E-state index contributed by atoms with van der Waals surface area (Å²) in [6.07, 6.45) is 0.829. The Labute approximate surface area is 240 Å². The number of rotatable bonds is 10. The van der Waals surface area contributed by atoms with Crippen molar-refractivity contribution in [3.8, 4) is 5.75 Å². The Bertz CT molecular complexity index is 1340. The minimum absolute atomic E-state index is 0.00542. The maximum absolute atomic E-state index is 13.5. The van der Waals surface area contributed by atoms with Crippen LogP contribution in [0, 0.1) is 6.92 Å². The summed E-state index contributed by atoms with van der Waals surface area (Å²) in [6, 6.07) is 10.9. The third-order valence-electron chi connectivity index (χ3n) is 8.50. The monoisotopic (exact) mass is 563 g/mol. The van der Waals surface area contributed by atoms with Crippen molar-refractivity contribution < 1.29 is 33.1 Å². The second-order valence-corrected chi connectivity index (χ2v) is 11.1. The molecule has 2 aromatic carbocycles. The normalized spacial score (nSPS) is 22.8. The van der Waals surface area contributed by atoms with Crippen LogP contribution in [0.4, 0.5) is 0 Å². The zero-order valence-corrected chi connectivity index (χ0v) is 23.9. The van der Waals surface area contributed by atoms with E-state index in [1.807, 2.05) is 44.2 Å². The molecule has 0 saturated carbocycles. The van der Waals surface area contributed by atoms with Gasteiger partial charge in [-0.2, -0.15) is 0 Å². The third-order valence-corrected chi connectivity index (χ3v) is 8.50. The topological polar surface area (TPSA) is 114 Å². The molecule has 218 valence electrons. The van der Waals surface area contributed by atoms with E-state index in [2.05, 4.69) is 15.5 Å². The minimum Gasteiger partial charge on any atom is -0.492 e. The summed E-state index contributed by atoms with van der Waals surface area (Å²) >= 11 is 0. The molecule has 0 aromatic heterocycles. The predicted molar refractivity (Wildman–Crippen MR) is 151 cm³/mol. The maximum Gasteiger partial charge on any atom is 0.347 e. The molecule has 2 saturated heterocycles. The predicted octanol–water partition coefficient (Wildman–Crippen LogP) is 1.86. The fourth-order valence-corrected chi connectivity index (χ4v) is 6.06. The van der Waals surface area contributed by atoms with Crippen molar-refractivity contribution in [3.05, 3.63) is 64.2 Å². The van der Waals surface area contributed by atoms with Gasteiger partial charge < -0.3 is 14.8 Å². The molecule has 2 aromatic rings. The molecule has 0 radical (unpaired) electrons. The Hall–Kier alpha value is -3.60. The van der Waals surface area contributed by atoms with Crippen molar-refractivity contribution in [3.63, 3.8) is 0 Å². The number of hydrogen-bond acceptors (Lipinski definition) is 7. The Kier molecular flexibility index (Phi) is 8.82. The molecular weight excluding hydrogens is 524 g/mol. The Balaban J connectivity index is 1.16. The first-order chi connectivity index (χ1) is 19.8. The van der Waals surface area contributed by atoms with Crippen LogP contribution in [-0.2, 0) is 38.6 Å². The average molecular weight is 564 g/mol. The SMILES string of the molecule is CC[N+]1(C2CCC(=O)NC2=O)Cc2cc(CNC(=O)Cc3ccc(C)c(OCCN4CCOCC4)c3)ccc2C1=O. The van der Waals surface area contributed by atoms with E-state index in [-0.39, 0.29) is 41.0 Å². The highest BCUT2D eigenvalue weighted by molar-refractivity contribution is 6.02. The quantitative estimate of drug-likeness (QED) is 0.335. The first-order valence-corrected chi connectivity index (χ1v) is 14.5. The summed E-state index contributed by atoms with van der Waals surface area (Å²) in [4.78, 5) is 52.9. The van der Waals surface area contributed by atoms with Gasteiger partial charge in [0, 0.05) is 44.6 Å². The lowest BCUT2D eigenvalue weighted by atomic mass is 10.0. The minimum atomic E-state index is -0.580. The number of likely N-dealkylation sites (N-methyl/N-ethyl adjacent to an activating group) is 1. The van der Waals surface area contributed by atoms with E-state index in [9.17, 15) is 19.2 Å². The molecule has 41 heavy (non-hydrogen) atoms. The number of piperidine rings is 1. The van der Waals surface area contributed by atoms with Gasteiger partial charge in [0.2, 0.25) is 11.8 Å². The van der Waals surface area contributed by atoms with Gasteiger partial charge in [0.1, 0.15) is 18.9 Å². The summed E-state index contributed by atoms with van der Waals surface area (Å²) in [6.45, 7) is 9.87. The number of quaternary nitrogens is 1. The van der Waals surface area contributed by atoms with Crippen LogP contribution >= 0.6 is 0 Å². The van der Waals surface area contributed by atoms with Gasteiger partial charge >= 0.3 is 5.91 Å². The maximum atomic E-state index is 13.5. The molecule has 0 bridgehead atoms. The van der Waals surface area contributed by atoms with E-state index in [1.165, 1.54) is 0 Å². The van der Waals surface area contributed by atoms with Crippen LogP contribution in [-0.4, -0.2) is 85.1 Å². The number of benzene rings is 2. The fourth-order valence-electron chi connectivity index (χ4n) is 6.06. The van der Waals surface area contributed by atoms with Crippen molar-refractivity contribution in [1.82, 2.24) is 15.5 Å². The number of hydrogen-bond donors (Lipinski definition) is 2. The summed E-state index contributed by atoms with van der Waals surface area (Å²) in [5, 5.41) is 5.39. The van der Waals surface area contributed by atoms with E-state index in [1.54, 1.807) is 6.07 Å². The van der Waals surface area contributed by atoms with Crippen molar-refractivity contribution in [2.24, 2.45) is 0 Å². The van der Waals surface area contributed by atoms with Crippen LogP contribution < -0.4 is 15.4 Å². The number of nitrogens with zero attached hydrogens (tertiary/aromatic N) is 2. The van der Waals surface area contributed by atoms with Gasteiger partial charge in [-0.25, -0.2) is 9.28 Å². The fraction of sp³-hybridized carbons (Fsp3) is 0.484. The van der Waals surface area contributed by atoms with Crippen molar-refractivity contribution in [2.45, 2.75) is 52.2 Å². The molecule has 0 spiro atoms. The number of aryl methyl sites for hydroxylation is 1. The molecule has 10 nitrogen and oxygen atoms in total. The van der Waals surface area contributed by atoms with Gasteiger partial charge in [0.05, 0.1) is 31.7 Å². The van der Waals surface area contributed by atoms with Gasteiger partial charge in [0.15, 0.2) is 6.04 Å². The van der Waals surface area contributed by atoms with Crippen LogP contribution in [0.5, 0.6) is 5.75 Å². The van der Waals surface area contributed by atoms with Crippen molar-refractivity contribution in [1.29, 1.82) is 0 Å². The molecule has 10 heteroatoms. The van der Waals surface area contributed by atoms with E-state index in [0.29, 0.717) is 38.2 Å². The highest BCUT2D eigenvalue weighted by atomic mass is 16.5. The molecular formula is C31H39N4O6+. The summed E-state index contributed by atoms with van der Waals surface area (Å²) in [5.41, 5.74) is 4.27. The van der Waals surface area contributed by atoms with Crippen LogP contribution in [0.1, 0.15) is 52.4 Å². The molecule has 2 unspecified atom stereocenters. The Morgan fingerprint density at radius 3 is 2.66 bits per heavy atom. The molecule has 3 aliphatic heterocycles. The van der Waals surface area contributed by atoms with Crippen LogP contribution in [0.25, 0.3) is 0 Å². The van der Waals surface area contributed by atoms with Gasteiger partial charge in [-0.05, 0) is 48.7 Å². The number of fused-ring (bicyclic) bond motifs is 1. The number of carbonyl (C=O) groups excluding carboxylic acids is 4. The standard InChI is InChI=1S/C31H38N4O6/c1-3-35(26-8-9-28(36)33-30(26)38)20-24-16-23(6-7-25(24)31(35)39)19-32-29(37)18-22-5-4-21(2)27(17-22)41-15-12-34-10-13-40-14-11-34/h4-7,16-17,26H,3,8-15,18-20H2,1-2H3,(H-,32,33,36,37,38)/p+1. The lowest BCUT2D eigenvalue weighted by Gasteiger charge is -2.38. The number of carbonyl (C=O) groups is 4. The number of nitrogens with one attached hydrogen (secondary N) is 2. The molecule has 4 amide bonds. The summed E-state index contributed by atoms with van der Waals surface area (Å²) < 4.78 is 11.4. The van der Waals surface area contributed by atoms with Gasteiger partial charge in [-0.1, -0.05) is 18.2 Å². The molecule has 3 aliphatic rings. The number of imide groups is 1. The van der Waals surface area contributed by atoms with Crippen LogP contribution in [0.15, 0.2) is 36.4 Å². The molecule has 5 rings (SSSR count). The van der Waals surface area contributed by atoms with Crippen LogP contribution in [0.2, 0.25) is 0 Å². The molecule has 2 atom stereocenters. The van der Waals surface area contributed by atoms with Crippen LogP contribution in [0.3, 0.4) is 0 Å². The Morgan fingerprint density at radius 1 is 1.12 bits per heavy atom. The molecule has 2 fully saturated rings. The highest BCUT2D eigenvalue weighted by Crippen LogP contribution is 2.35. The van der Waals surface area contributed by atoms with Gasteiger partial charge in [-0.15, -0.1) is 0 Å². The van der Waals surface area contributed by atoms with Crippen molar-refractivity contribution in [2.75, 3.05) is 46.0 Å². The van der Waals surface area contributed by atoms with E-state index in [4.69, 9.17) is 9.47 Å². The molecule has 2 N–H and O–H groups in total. The Morgan fingerprint density at radius 2 is 1.90 bits per heavy atom. The molecule has 3 heterocycles. The lowest BCUT2D eigenvalue weighted by Crippen LogP contribution is -2.63. The zero-order valence-electron chi connectivity index (χ0n) is 23.9. The van der Waals surface area contributed by atoms with Gasteiger partial charge in [-0.3, -0.25) is 24.6 Å². The largest absolute Gasteiger partial charge is 0.492 e. The average Bonchev–Trinajstić information content (AvgIpc) is 3.25. The lowest BCUT2D eigenvalue weighted by molar-refractivity contribution is -0.873.